The summed E-state index contributed by atoms with van der Waals surface area (Å²) in [5.41, 5.74) is 1.70. The largest absolute Gasteiger partial charge is 0.355 e. The summed E-state index contributed by atoms with van der Waals surface area (Å²) in [6, 6.07) is 7.40. The zero-order valence-electron chi connectivity index (χ0n) is 17.1. The first-order valence-corrected chi connectivity index (χ1v) is 10.6. The number of aryl methyl sites for hydroxylation is 1. The molecule has 2 N–H and O–H groups in total. The Bertz CT molecular complexity index is 804. The van der Waals surface area contributed by atoms with E-state index in [9.17, 15) is 14.4 Å². The van der Waals surface area contributed by atoms with Gasteiger partial charge in [0.2, 0.25) is 17.7 Å². The van der Waals surface area contributed by atoms with Gasteiger partial charge in [0.1, 0.15) is 6.54 Å². The van der Waals surface area contributed by atoms with Crippen LogP contribution in [-0.4, -0.2) is 35.8 Å². The van der Waals surface area contributed by atoms with Crippen molar-refractivity contribution in [3.8, 4) is 0 Å². The van der Waals surface area contributed by atoms with E-state index in [0.717, 1.165) is 12.0 Å². The van der Waals surface area contributed by atoms with Crippen LogP contribution >= 0.6 is 11.3 Å². The first kappa shape index (κ1) is 22.5. The molecule has 0 saturated carbocycles. The first-order chi connectivity index (χ1) is 13.8. The number of benzene rings is 1. The fourth-order valence-corrected chi connectivity index (χ4v) is 3.12. The minimum absolute atomic E-state index is 0.00432. The van der Waals surface area contributed by atoms with Gasteiger partial charge in [-0.15, -0.1) is 11.3 Å². The van der Waals surface area contributed by atoms with Gasteiger partial charge in [0.25, 0.3) is 0 Å². The van der Waals surface area contributed by atoms with Gasteiger partial charge in [0, 0.05) is 36.7 Å². The summed E-state index contributed by atoms with van der Waals surface area (Å²) in [6.07, 6.45) is 2.50. The highest BCUT2D eigenvalue weighted by Crippen LogP contribution is 2.17. The van der Waals surface area contributed by atoms with Crippen molar-refractivity contribution in [2.75, 3.05) is 23.3 Å². The smallest absolute Gasteiger partial charge is 0.240 e. The van der Waals surface area contributed by atoms with Gasteiger partial charge in [0.05, 0.1) is 0 Å². The molecule has 0 unspecified atom stereocenters. The molecule has 8 heteroatoms. The topological polar surface area (TPSA) is 91.4 Å². The summed E-state index contributed by atoms with van der Waals surface area (Å²) in [7, 11) is 0. The Balaban J connectivity index is 1.97. The molecule has 0 aliphatic rings. The first-order valence-electron chi connectivity index (χ1n) is 9.68. The van der Waals surface area contributed by atoms with Crippen LogP contribution in [0.1, 0.15) is 38.7 Å². The fourth-order valence-electron chi connectivity index (χ4n) is 2.57. The highest BCUT2D eigenvalue weighted by molar-refractivity contribution is 7.13. The van der Waals surface area contributed by atoms with E-state index in [1.807, 2.05) is 31.2 Å². The van der Waals surface area contributed by atoms with E-state index in [1.54, 1.807) is 11.6 Å². The van der Waals surface area contributed by atoms with Gasteiger partial charge < -0.3 is 15.5 Å². The van der Waals surface area contributed by atoms with Crippen molar-refractivity contribution < 1.29 is 14.4 Å². The number of nitrogens with one attached hydrogen (secondary N) is 2. The molecule has 7 nitrogen and oxygen atoms in total. The Labute approximate surface area is 175 Å². The molecule has 3 amide bonds. The highest BCUT2D eigenvalue weighted by Gasteiger charge is 2.20. The van der Waals surface area contributed by atoms with Gasteiger partial charge in [-0.3, -0.25) is 14.4 Å². The molecule has 0 spiro atoms. The average molecular weight is 417 g/mol. The number of carbonyl (C=O) groups is 3. The predicted molar refractivity (Wildman–Crippen MR) is 116 cm³/mol. The zero-order valence-corrected chi connectivity index (χ0v) is 17.9. The van der Waals surface area contributed by atoms with E-state index >= 15 is 0 Å². The number of hydrogen-bond acceptors (Lipinski definition) is 5. The summed E-state index contributed by atoms with van der Waals surface area (Å²) in [5, 5.41) is 7.78. The van der Waals surface area contributed by atoms with Crippen LogP contribution in [0.15, 0.2) is 35.8 Å². The van der Waals surface area contributed by atoms with Crippen LogP contribution in [0.4, 0.5) is 10.8 Å². The Morgan fingerprint density at radius 2 is 1.83 bits per heavy atom. The van der Waals surface area contributed by atoms with E-state index in [4.69, 9.17) is 0 Å². The van der Waals surface area contributed by atoms with Crippen molar-refractivity contribution in [3.05, 3.63) is 41.4 Å². The maximum absolute atomic E-state index is 12.8. The second-order valence-corrected chi connectivity index (χ2v) is 8.13. The SMILES string of the molecule is Cc1ccc(N(CC(=O)NCCC(C)C)C(=O)CCC(=O)Nc2nccs2)cc1. The molecule has 29 heavy (non-hydrogen) atoms. The number of thiazole rings is 1. The third-order valence-corrected chi connectivity index (χ3v) is 4.93. The molecular weight excluding hydrogens is 388 g/mol. The molecule has 2 aromatic rings. The molecule has 0 saturated heterocycles. The molecule has 0 radical (unpaired) electrons. The molecule has 1 heterocycles. The molecule has 0 aliphatic heterocycles. The summed E-state index contributed by atoms with van der Waals surface area (Å²) >= 11 is 1.32. The van der Waals surface area contributed by atoms with Gasteiger partial charge in [-0.1, -0.05) is 31.5 Å². The van der Waals surface area contributed by atoms with Crippen LogP contribution in [0.25, 0.3) is 0 Å². The number of nitrogens with zero attached hydrogens (tertiary/aromatic N) is 2. The molecule has 1 aromatic heterocycles. The third-order valence-electron chi connectivity index (χ3n) is 4.24. The highest BCUT2D eigenvalue weighted by atomic mass is 32.1. The van der Waals surface area contributed by atoms with E-state index in [0.29, 0.717) is 23.3 Å². The molecule has 1 aromatic carbocycles. The van der Waals surface area contributed by atoms with Crippen LogP contribution < -0.4 is 15.5 Å². The predicted octanol–water partition coefficient (Wildman–Crippen LogP) is 3.37. The Hall–Kier alpha value is -2.74. The number of aromatic nitrogens is 1. The molecular formula is C21H28N4O3S. The Morgan fingerprint density at radius 3 is 2.45 bits per heavy atom. The van der Waals surface area contributed by atoms with Crippen LogP contribution in [0.5, 0.6) is 0 Å². The van der Waals surface area contributed by atoms with E-state index in [2.05, 4.69) is 29.5 Å². The average Bonchev–Trinajstić information content (AvgIpc) is 3.17. The maximum Gasteiger partial charge on any atom is 0.240 e. The second kappa shape index (κ2) is 11.3. The second-order valence-electron chi connectivity index (χ2n) is 7.23. The van der Waals surface area contributed by atoms with Crippen molar-refractivity contribution in [1.29, 1.82) is 0 Å². The summed E-state index contributed by atoms with van der Waals surface area (Å²) < 4.78 is 0. The van der Waals surface area contributed by atoms with Crippen LogP contribution in [-0.2, 0) is 14.4 Å². The summed E-state index contributed by atoms with van der Waals surface area (Å²) in [4.78, 5) is 42.6. The van der Waals surface area contributed by atoms with Gasteiger partial charge in [-0.05, 0) is 31.4 Å². The van der Waals surface area contributed by atoms with Gasteiger partial charge in [0.15, 0.2) is 5.13 Å². The molecule has 2 rings (SSSR count). The lowest BCUT2D eigenvalue weighted by Gasteiger charge is -2.23. The molecule has 0 aliphatic carbocycles. The monoisotopic (exact) mass is 416 g/mol. The minimum Gasteiger partial charge on any atom is -0.355 e. The summed E-state index contributed by atoms with van der Waals surface area (Å²) in [6.45, 7) is 6.63. The lowest BCUT2D eigenvalue weighted by molar-refractivity contribution is -0.125. The molecule has 156 valence electrons. The Kier molecular flexibility index (Phi) is 8.79. The van der Waals surface area contributed by atoms with Crippen molar-refractivity contribution in [1.82, 2.24) is 10.3 Å². The van der Waals surface area contributed by atoms with Crippen molar-refractivity contribution in [3.63, 3.8) is 0 Å². The molecule has 0 bridgehead atoms. The van der Waals surface area contributed by atoms with Crippen LogP contribution in [0.3, 0.4) is 0 Å². The number of rotatable bonds is 10. The quantitative estimate of drug-likeness (QED) is 0.621. The Morgan fingerprint density at radius 1 is 1.10 bits per heavy atom. The van der Waals surface area contributed by atoms with E-state index in [-0.39, 0.29) is 37.1 Å². The van der Waals surface area contributed by atoms with Crippen molar-refractivity contribution >= 4 is 39.9 Å². The minimum atomic E-state index is -0.279. The van der Waals surface area contributed by atoms with Crippen molar-refractivity contribution in [2.24, 2.45) is 5.92 Å². The molecule has 0 fully saturated rings. The van der Waals surface area contributed by atoms with Crippen molar-refractivity contribution in [2.45, 2.75) is 40.0 Å². The normalized spacial score (nSPS) is 10.6. The fraction of sp³-hybridized carbons (Fsp3) is 0.429. The number of hydrogen-bond donors (Lipinski definition) is 2. The lowest BCUT2D eigenvalue weighted by atomic mass is 10.1. The van der Waals surface area contributed by atoms with Crippen LogP contribution in [0.2, 0.25) is 0 Å². The maximum atomic E-state index is 12.8. The van der Waals surface area contributed by atoms with Crippen LogP contribution in [0, 0.1) is 12.8 Å². The summed E-state index contributed by atoms with van der Waals surface area (Å²) in [5.74, 6) is -0.283. The van der Waals surface area contributed by atoms with Gasteiger partial charge in [-0.25, -0.2) is 4.98 Å². The number of amides is 3. The number of anilines is 2. The number of carbonyl (C=O) groups excluding carboxylic acids is 3. The zero-order chi connectivity index (χ0) is 21.2. The lowest BCUT2D eigenvalue weighted by Crippen LogP contribution is -2.41. The molecule has 0 atom stereocenters. The standard InChI is InChI=1S/C21H28N4O3S/c1-15(2)10-11-22-19(27)14-25(17-6-4-16(3)5-7-17)20(28)9-8-18(26)24-21-23-12-13-29-21/h4-7,12-13,15H,8-11,14H2,1-3H3,(H,22,27)(H,23,24,26). The van der Waals surface area contributed by atoms with E-state index < -0.39 is 0 Å². The van der Waals surface area contributed by atoms with Gasteiger partial charge >= 0.3 is 0 Å². The van der Waals surface area contributed by atoms with Gasteiger partial charge in [-0.2, -0.15) is 0 Å². The third kappa shape index (κ3) is 8.03. The van der Waals surface area contributed by atoms with E-state index in [1.165, 1.54) is 16.2 Å².